The van der Waals surface area contributed by atoms with Gasteiger partial charge in [-0.15, -0.1) is 11.3 Å². The minimum atomic E-state index is -0.0424. The van der Waals surface area contributed by atoms with Crippen LogP contribution in [0, 0.1) is 0 Å². The van der Waals surface area contributed by atoms with E-state index in [1.54, 1.807) is 18.3 Å². The van der Waals surface area contributed by atoms with Crippen molar-refractivity contribution in [3.05, 3.63) is 34.3 Å². The van der Waals surface area contributed by atoms with E-state index < -0.39 is 0 Å². The summed E-state index contributed by atoms with van der Waals surface area (Å²) in [6, 6.07) is 3.30. The van der Waals surface area contributed by atoms with Crippen LogP contribution in [-0.4, -0.2) is 32.1 Å². The van der Waals surface area contributed by atoms with Crippen molar-refractivity contribution >= 4 is 17.1 Å². The molecule has 0 spiro atoms. The fraction of sp³-hybridized carbons (Fsp3) is 0.286. The number of aromatic nitrogens is 1. The Bertz CT molecular complexity index is 570. The molecule has 5 nitrogen and oxygen atoms in total. The fourth-order valence-corrected chi connectivity index (χ4v) is 2.44. The molecule has 0 aliphatic heterocycles. The Morgan fingerprint density at radius 1 is 1.15 bits per heavy atom. The van der Waals surface area contributed by atoms with Crippen LogP contribution in [0.25, 0.3) is 0 Å². The van der Waals surface area contributed by atoms with E-state index in [0.29, 0.717) is 22.8 Å². The van der Waals surface area contributed by atoms with Gasteiger partial charge in [-0.25, -0.2) is 4.98 Å². The summed E-state index contributed by atoms with van der Waals surface area (Å²) in [7, 11) is 4.57. The van der Waals surface area contributed by atoms with Gasteiger partial charge in [0, 0.05) is 17.1 Å². The van der Waals surface area contributed by atoms with Crippen LogP contribution in [0.15, 0.2) is 23.7 Å². The smallest absolute Gasteiger partial charge is 0.203 e. The molecule has 0 saturated heterocycles. The second kappa shape index (κ2) is 6.38. The predicted octanol–water partition coefficient (Wildman–Crippen LogP) is 2.59. The zero-order valence-electron chi connectivity index (χ0n) is 11.5. The monoisotopic (exact) mass is 293 g/mol. The number of thiazole rings is 1. The quantitative estimate of drug-likeness (QED) is 0.766. The van der Waals surface area contributed by atoms with E-state index in [4.69, 9.17) is 14.2 Å². The minimum absolute atomic E-state index is 0.0424. The summed E-state index contributed by atoms with van der Waals surface area (Å²) in [6.45, 7) is 0. The van der Waals surface area contributed by atoms with Gasteiger partial charge in [0.1, 0.15) is 5.01 Å². The number of methoxy groups -OCH3 is 3. The van der Waals surface area contributed by atoms with Gasteiger partial charge >= 0.3 is 0 Å². The van der Waals surface area contributed by atoms with E-state index in [2.05, 4.69) is 4.98 Å². The van der Waals surface area contributed by atoms with Crippen molar-refractivity contribution in [1.29, 1.82) is 0 Å². The Labute approximate surface area is 121 Å². The number of hydrogen-bond donors (Lipinski definition) is 0. The molecule has 0 aliphatic rings. The lowest BCUT2D eigenvalue weighted by molar-refractivity contribution is 0.0992. The number of ether oxygens (including phenoxy) is 3. The van der Waals surface area contributed by atoms with Gasteiger partial charge in [0.15, 0.2) is 17.3 Å². The number of benzene rings is 1. The molecule has 0 saturated carbocycles. The van der Waals surface area contributed by atoms with Crippen LogP contribution in [-0.2, 0) is 6.42 Å². The van der Waals surface area contributed by atoms with Crippen LogP contribution in [0.3, 0.4) is 0 Å². The largest absolute Gasteiger partial charge is 0.493 e. The Hall–Kier alpha value is -2.08. The molecule has 0 radical (unpaired) electrons. The molecule has 0 N–H and O–H groups in total. The molecule has 0 fully saturated rings. The normalized spacial score (nSPS) is 10.2. The van der Waals surface area contributed by atoms with Crippen molar-refractivity contribution in [2.24, 2.45) is 0 Å². The second-order valence-corrected chi connectivity index (χ2v) is 4.92. The maximum atomic E-state index is 12.3. The number of carbonyl (C=O) groups excluding carboxylic acids is 1. The van der Waals surface area contributed by atoms with Gasteiger partial charge in [0.2, 0.25) is 5.75 Å². The number of carbonyl (C=O) groups is 1. The summed E-state index contributed by atoms with van der Waals surface area (Å²) in [5.41, 5.74) is 0.509. The molecule has 0 bridgehead atoms. The zero-order valence-corrected chi connectivity index (χ0v) is 12.3. The lowest BCUT2D eigenvalue weighted by Crippen LogP contribution is -2.05. The lowest BCUT2D eigenvalue weighted by Gasteiger charge is -2.13. The third-order valence-electron chi connectivity index (χ3n) is 2.78. The van der Waals surface area contributed by atoms with E-state index in [-0.39, 0.29) is 12.2 Å². The van der Waals surface area contributed by atoms with Gasteiger partial charge in [0.25, 0.3) is 0 Å². The lowest BCUT2D eigenvalue weighted by atomic mass is 10.1. The van der Waals surface area contributed by atoms with E-state index in [1.165, 1.54) is 32.7 Å². The molecule has 106 valence electrons. The molecule has 20 heavy (non-hydrogen) atoms. The molecule has 1 aromatic carbocycles. The Morgan fingerprint density at radius 2 is 1.80 bits per heavy atom. The molecule has 2 aromatic rings. The maximum absolute atomic E-state index is 12.3. The third kappa shape index (κ3) is 2.91. The van der Waals surface area contributed by atoms with Gasteiger partial charge in [-0.2, -0.15) is 0 Å². The van der Waals surface area contributed by atoms with Crippen LogP contribution in [0.4, 0.5) is 0 Å². The van der Waals surface area contributed by atoms with Crippen molar-refractivity contribution in [2.75, 3.05) is 21.3 Å². The number of ketones is 1. The van der Waals surface area contributed by atoms with Crippen molar-refractivity contribution in [1.82, 2.24) is 4.98 Å². The average molecular weight is 293 g/mol. The first-order chi connectivity index (χ1) is 9.69. The Balaban J connectivity index is 2.34. The summed E-state index contributed by atoms with van der Waals surface area (Å²) >= 11 is 1.45. The van der Waals surface area contributed by atoms with Crippen molar-refractivity contribution in [3.8, 4) is 17.2 Å². The highest BCUT2D eigenvalue weighted by Crippen LogP contribution is 2.38. The number of nitrogens with zero attached hydrogens (tertiary/aromatic N) is 1. The topological polar surface area (TPSA) is 57.7 Å². The molecule has 1 aromatic heterocycles. The van der Waals surface area contributed by atoms with Crippen molar-refractivity contribution in [2.45, 2.75) is 6.42 Å². The Morgan fingerprint density at radius 3 is 2.25 bits per heavy atom. The van der Waals surface area contributed by atoms with Crippen molar-refractivity contribution in [3.63, 3.8) is 0 Å². The first-order valence-electron chi connectivity index (χ1n) is 5.91. The average Bonchev–Trinajstić information content (AvgIpc) is 2.98. The predicted molar refractivity (Wildman–Crippen MR) is 76.2 cm³/mol. The summed E-state index contributed by atoms with van der Waals surface area (Å²) in [5, 5.41) is 2.63. The molecule has 1 heterocycles. The summed E-state index contributed by atoms with van der Waals surface area (Å²) < 4.78 is 15.7. The molecule has 2 rings (SSSR count). The number of hydrogen-bond acceptors (Lipinski definition) is 6. The van der Waals surface area contributed by atoms with E-state index >= 15 is 0 Å². The highest BCUT2D eigenvalue weighted by Gasteiger charge is 2.17. The maximum Gasteiger partial charge on any atom is 0.203 e. The van der Waals surface area contributed by atoms with E-state index in [0.717, 1.165) is 5.01 Å². The fourth-order valence-electron chi connectivity index (χ4n) is 1.82. The van der Waals surface area contributed by atoms with Gasteiger partial charge in [-0.05, 0) is 12.1 Å². The molecular weight excluding hydrogens is 278 g/mol. The molecule has 0 unspecified atom stereocenters. The Kier molecular flexibility index (Phi) is 4.57. The molecule has 0 atom stereocenters. The first kappa shape index (κ1) is 14.3. The van der Waals surface area contributed by atoms with E-state index in [9.17, 15) is 4.79 Å². The molecule has 0 aliphatic carbocycles. The highest BCUT2D eigenvalue weighted by molar-refractivity contribution is 7.09. The van der Waals surface area contributed by atoms with Crippen LogP contribution in [0.1, 0.15) is 15.4 Å². The zero-order chi connectivity index (χ0) is 14.5. The summed E-state index contributed by atoms with van der Waals surface area (Å²) in [5.74, 6) is 1.36. The number of rotatable bonds is 6. The van der Waals surface area contributed by atoms with Gasteiger partial charge in [0.05, 0.1) is 27.8 Å². The van der Waals surface area contributed by atoms with Crippen molar-refractivity contribution < 1.29 is 19.0 Å². The van der Waals surface area contributed by atoms with Gasteiger partial charge < -0.3 is 14.2 Å². The SMILES string of the molecule is COc1cc(C(=O)Cc2nccs2)cc(OC)c1OC. The summed E-state index contributed by atoms with van der Waals surface area (Å²) in [4.78, 5) is 16.4. The minimum Gasteiger partial charge on any atom is -0.493 e. The van der Waals surface area contributed by atoms with E-state index in [1.807, 2.05) is 5.38 Å². The van der Waals surface area contributed by atoms with Crippen LogP contribution < -0.4 is 14.2 Å². The third-order valence-corrected chi connectivity index (χ3v) is 3.56. The molecule has 6 heteroatoms. The van der Waals surface area contributed by atoms with Gasteiger partial charge in [-0.3, -0.25) is 4.79 Å². The summed E-state index contributed by atoms with van der Waals surface area (Å²) in [6.07, 6.45) is 1.94. The highest BCUT2D eigenvalue weighted by atomic mass is 32.1. The standard InChI is InChI=1S/C14H15NO4S/c1-17-11-6-9(7-12(18-2)14(11)19-3)10(16)8-13-15-4-5-20-13/h4-7H,8H2,1-3H3. The van der Waals surface area contributed by atoms with Crippen LogP contribution in [0.5, 0.6) is 17.2 Å². The van der Waals surface area contributed by atoms with Crippen LogP contribution in [0.2, 0.25) is 0 Å². The molecule has 0 amide bonds. The van der Waals surface area contributed by atoms with Gasteiger partial charge in [-0.1, -0.05) is 0 Å². The first-order valence-corrected chi connectivity index (χ1v) is 6.79. The van der Waals surface area contributed by atoms with Crippen LogP contribution >= 0.6 is 11.3 Å². The molecular formula is C14H15NO4S. The second-order valence-electron chi connectivity index (χ2n) is 3.94. The number of Topliss-reactive ketones (excluding diaryl/α,β-unsaturated/α-hetero) is 1.